The fourth-order valence-corrected chi connectivity index (χ4v) is 4.14. The number of hydrogen-bond donors (Lipinski definition) is 0. The van der Waals surface area contributed by atoms with Crippen LogP contribution in [-0.4, -0.2) is 24.1 Å². The summed E-state index contributed by atoms with van der Waals surface area (Å²) >= 11 is 0. The van der Waals surface area contributed by atoms with Crippen LogP contribution in [0.3, 0.4) is 0 Å². The molecule has 0 fully saturated rings. The number of hydrogen-bond acceptors (Lipinski definition) is 3. The molecule has 0 bridgehead atoms. The maximum Gasteiger partial charge on any atom is 0.163 e. The predicted octanol–water partition coefficient (Wildman–Crippen LogP) is 5.88. The molecule has 0 atom stereocenters. The van der Waals surface area contributed by atoms with Crippen molar-refractivity contribution in [3.8, 4) is 28.5 Å². The largest absolute Gasteiger partial charge is 0.344 e. The Morgan fingerprint density at radius 3 is 2.39 bits per heavy atom. The van der Waals surface area contributed by atoms with Crippen molar-refractivity contribution in [1.29, 1.82) is 0 Å². The smallest absolute Gasteiger partial charge is 0.163 e. The zero-order valence-electron chi connectivity index (χ0n) is 18.0. The first-order valence-corrected chi connectivity index (χ1v) is 10.8. The third-order valence-corrected chi connectivity index (χ3v) is 5.79. The van der Waals surface area contributed by atoms with E-state index in [1.165, 1.54) is 11.6 Å². The van der Waals surface area contributed by atoms with Crippen molar-refractivity contribution >= 4 is 11.0 Å². The van der Waals surface area contributed by atoms with Gasteiger partial charge in [0, 0.05) is 18.1 Å². The highest BCUT2D eigenvalue weighted by atomic mass is 19.1. The van der Waals surface area contributed by atoms with Crippen LogP contribution in [0.15, 0.2) is 91.3 Å². The minimum atomic E-state index is -0.326. The first-order chi connectivity index (χ1) is 16.2. The van der Waals surface area contributed by atoms with Crippen LogP contribution in [0.4, 0.5) is 4.39 Å². The number of halogens is 1. The molecule has 5 nitrogen and oxygen atoms in total. The van der Waals surface area contributed by atoms with Crippen LogP contribution in [0.25, 0.3) is 39.5 Å². The maximum absolute atomic E-state index is 14.2. The van der Waals surface area contributed by atoms with E-state index < -0.39 is 0 Å². The number of aromatic nitrogens is 5. The molecule has 33 heavy (non-hydrogen) atoms. The Hall–Kier alpha value is -4.32. The molecule has 0 radical (unpaired) electrons. The van der Waals surface area contributed by atoms with E-state index in [9.17, 15) is 4.39 Å². The standard InChI is InChI=1S/C27H20FN5/c1-18-10-12-19(13-11-18)33-25-9-5-4-8-23(25)29-26(33)17-32-15-14-22-24(16-32)31-27(30-22)20-6-2-3-7-21(20)28/h2-16H,17H2,1H3. The zero-order chi connectivity index (χ0) is 22.4. The minimum absolute atomic E-state index is 0.326. The van der Waals surface area contributed by atoms with Crippen molar-refractivity contribution in [1.82, 2.24) is 24.1 Å². The molecular weight excluding hydrogens is 413 g/mol. The number of para-hydroxylation sites is 2. The van der Waals surface area contributed by atoms with E-state index in [0.29, 0.717) is 23.6 Å². The highest BCUT2D eigenvalue weighted by Crippen LogP contribution is 2.27. The monoisotopic (exact) mass is 433 g/mol. The van der Waals surface area contributed by atoms with Gasteiger partial charge < -0.3 is 4.57 Å². The molecule has 2 aliphatic rings. The highest BCUT2D eigenvalue weighted by molar-refractivity contribution is 5.78. The Balaban J connectivity index is 1.42. The average Bonchev–Trinajstić information content (AvgIpc) is 3.41. The molecule has 160 valence electrons. The maximum atomic E-state index is 14.2. The minimum Gasteiger partial charge on any atom is -0.344 e. The van der Waals surface area contributed by atoms with E-state index in [2.05, 4.69) is 51.8 Å². The zero-order valence-corrected chi connectivity index (χ0v) is 18.0. The van der Waals surface area contributed by atoms with Crippen LogP contribution in [-0.2, 0) is 6.54 Å². The van der Waals surface area contributed by atoms with Gasteiger partial charge in [-0.2, -0.15) is 0 Å². The van der Waals surface area contributed by atoms with Gasteiger partial charge in [-0.25, -0.2) is 19.3 Å². The summed E-state index contributed by atoms with van der Waals surface area (Å²) < 4.78 is 18.4. The predicted molar refractivity (Wildman–Crippen MR) is 127 cm³/mol. The molecular formula is C27H20FN5. The van der Waals surface area contributed by atoms with E-state index in [4.69, 9.17) is 4.98 Å². The molecule has 3 heterocycles. The van der Waals surface area contributed by atoms with Gasteiger partial charge in [-0.05, 0) is 49.4 Å². The van der Waals surface area contributed by atoms with E-state index in [1.807, 2.05) is 41.2 Å². The fraction of sp³-hybridized carbons (Fsp3) is 0.0741. The van der Waals surface area contributed by atoms with Crippen molar-refractivity contribution in [2.45, 2.75) is 13.5 Å². The van der Waals surface area contributed by atoms with Crippen molar-refractivity contribution in [3.63, 3.8) is 0 Å². The van der Waals surface area contributed by atoms with Gasteiger partial charge in [0.15, 0.2) is 5.82 Å². The Morgan fingerprint density at radius 1 is 0.788 bits per heavy atom. The third-order valence-electron chi connectivity index (χ3n) is 5.79. The molecule has 0 saturated heterocycles. The van der Waals surface area contributed by atoms with E-state index in [0.717, 1.165) is 28.2 Å². The van der Waals surface area contributed by atoms with E-state index in [-0.39, 0.29) is 5.82 Å². The lowest BCUT2D eigenvalue weighted by Crippen LogP contribution is -2.08. The number of fused-ring (bicyclic) bond motifs is 2. The first-order valence-electron chi connectivity index (χ1n) is 10.8. The lowest BCUT2D eigenvalue weighted by atomic mass is 10.2. The number of rotatable bonds is 4. The first kappa shape index (κ1) is 19.4. The highest BCUT2D eigenvalue weighted by Gasteiger charge is 2.17. The Bertz CT molecular complexity index is 1560. The molecule has 2 aliphatic heterocycles. The Morgan fingerprint density at radius 2 is 1.55 bits per heavy atom. The molecule has 6 heteroatoms. The van der Waals surface area contributed by atoms with Crippen LogP contribution in [0.1, 0.15) is 11.4 Å². The van der Waals surface area contributed by atoms with Crippen LogP contribution >= 0.6 is 0 Å². The van der Waals surface area contributed by atoms with Gasteiger partial charge in [-0.1, -0.05) is 42.0 Å². The second-order valence-corrected chi connectivity index (χ2v) is 8.10. The quantitative estimate of drug-likeness (QED) is 0.349. The van der Waals surface area contributed by atoms with Crippen LogP contribution < -0.4 is 0 Å². The molecule has 4 aromatic rings. The fourth-order valence-electron chi connectivity index (χ4n) is 4.14. The summed E-state index contributed by atoms with van der Waals surface area (Å²) in [6.45, 7) is 2.64. The number of imidazole rings is 2. The Kier molecular flexibility index (Phi) is 4.50. The summed E-state index contributed by atoms with van der Waals surface area (Å²) in [6, 6.07) is 25.1. The molecule has 1 aromatic heterocycles. The average molecular weight is 433 g/mol. The third kappa shape index (κ3) is 3.46. The van der Waals surface area contributed by atoms with Crippen molar-refractivity contribution in [2.24, 2.45) is 0 Å². The van der Waals surface area contributed by atoms with Gasteiger partial charge in [-0.15, -0.1) is 0 Å². The molecule has 0 saturated carbocycles. The number of nitrogens with zero attached hydrogens (tertiary/aromatic N) is 5. The topological polar surface area (TPSA) is 48.5 Å². The molecule has 0 unspecified atom stereocenters. The van der Waals surface area contributed by atoms with Gasteiger partial charge in [0.25, 0.3) is 0 Å². The molecule has 6 rings (SSSR count). The lowest BCUT2D eigenvalue weighted by Gasteiger charge is -2.12. The molecule has 3 aromatic carbocycles. The second-order valence-electron chi connectivity index (χ2n) is 8.10. The molecule has 0 N–H and O–H groups in total. The molecule has 0 spiro atoms. The normalized spacial score (nSPS) is 11.5. The van der Waals surface area contributed by atoms with Crippen LogP contribution in [0.2, 0.25) is 0 Å². The van der Waals surface area contributed by atoms with Crippen molar-refractivity contribution in [2.75, 3.05) is 0 Å². The summed E-state index contributed by atoms with van der Waals surface area (Å²) in [7, 11) is 0. The number of aryl methyl sites for hydroxylation is 1. The van der Waals surface area contributed by atoms with Gasteiger partial charge in [0.2, 0.25) is 0 Å². The van der Waals surface area contributed by atoms with Crippen LogP contribution in [0, 0.1) is 12.7 Å². The van der Waals surface area contributed by atoms with Crippen LogP contribution in [0.5, 0.6) is 0 Å². The van der Waals surface area contributed by atoms with Crippen molar-refractivity contribution < 1.29 is 4.39 Å². The summed E-state index contributed by atoms with van der Waals surface area (Å²) in [4.78, 5) is 14.0. The second kappa shape index (κ2) is 7.67. The van der Waals surface area contributed by atoms with Crippen molar-refractivity contribution in [3.05, 3.63) is 108 Å². The summed E-state index contributed by atoms with van der Waals surface area (Å²) in [5.41, 5.74) is 6.15. The number of pyridine rings is 1. The Labute approximate surface area is 190 Å². The van der Waals surface area contributed by atoms with Gasteiger partial charge in [0.05, 0.1) is 28.8 Å². The summed E-state index contributed by atoms with van der Waals surface area (Å²) in [5, 5.41) is 0. The van der Waals surface area contributed by atoms with Gasteiger partial charge in [-0.3, -0.25) is 4.57 Å². The molecule has 0 aliphatic carbocycles. The molecule has 0 amide bonds. The SMILES string of the molecule is Cc1ccc(-n2c(Cn3ccc4nc(-c5ccccc5F)nc-4c3)nc3ccccc32)cc1. The lowest BCUT2D eigenvalue weighted by molar-refractivity contribution is 0.630. The van der Waals surface area contributed by atoms with E-state index in [1.54, 1.807) is 18.2 Å². The van der Waals surface area contributed by atoms with E-state index >= 15 is 0 Å². The summed E-state index contributed by atoms with van der Waals surface area (Å²) in [5.74, 6) is 0.985. The van der Waals surface area contributed by atoms with Gasteiger partial charge >= 0.3 is 0 Å². The van der Waals surface area contributed by atoms with Gasteiger partial charge in [0.1, 0.15) is 17.3 Å². The summed E-state index contributed by atoms with van der Waals surface area (Å²) in [6.07, 6.45) is 3.90. The number of benzene rings is 3.